The monoisotopic (exact) mass is 322 g/mol. The third-order valence-corrected chi connectivity index (χ3v) is 3.41. The summed E-state index contributed by atoms with van der Waals surface area (Å²) in [7, 11) is 0. The maximum atomic E-state index is 13.2. The van der Waals surface area contributed by atoms with E-state index in [0.29, 0.717) is 16.3 Å². The minimum Gasteiger partial charge on any atom is -0.240 e. The highest BCUT2D eigenvalue weighted by molar-refractivity contribution is 6.30. The SMILES string of the molecule is FC(F)(F)c1nn(-c2ccccc2)cc1-c1ccc(Cl)cc1. The lowest BCUT2D eigenvalue weighted by molar-refractivity contribution is -0.140. The number of nitrogens with zero attached hydrogens (tertiary/aromatic N) is 2. The summed E-state index contributed by atoms with van der Waals surface area (Å²) in [5.41, 5.74) is 0.0822. The fraction of sp³-hybridized carbons (Fsp3) is 0.0625. The molecular formula is C16H10ClF3N2. The van der Waals surface area contributed by atoms with E-state index >= 15 is 0 Å². The van der Waals surface area contributed by atoms with Crippen molar-refractivity contribution < 1.29 is 13.2 Å². The van der Waals surface area contributed by atoms with Gasteiger partial charge in [-0.25, -0.2) is 4.68 Å². The van der Waals surface area contributed by atoms with E-state index in [-0.39, 0.29) is 5.56 Å². The summed E-state index contributed by atoms with van der Waals surface area (Å²) in [6.45, 7) is 0. The Morgan fingerprint density at radius 2 is 1.55 bits per heavy atom. The summed E-state index contributed by atoms with van der Waals surface area (Å²) in [6, 6.07) is 14.9. The third kappa shape index (κ3) is 2.85. The zero-order valence-corrected chi connectivity index (χ0v) is 11.9. The molecule has 0 atom stereocenters. The van der Waals surface area contributed by atoms with Gasteiger partial charge in [-0.3, -0.25) is 0 Å². The molecule has 0 radical (unpaired) electrons. The topological polar surface area (TPSA) is 17.8 Å². The summed E-state index contributed by atoms with van der Waals surface area (Å²) in [5.74, 6) is 0. The van der Waals surface area contributed by atoms with E-state index < -0.39 is 11.9 Å². The largest absolute Gasteiger partial charge is 0.435 e. The van der Waals surface area contributed by atoms with Gasteiger partial charge >= 0.3 is 6.18 Å². The Balaban J connectivity index is 2.16. The maximum Gasteiger partial charge on any atom is 0.435 e. The zero-order chi connectivity index (χ0) is 15.7. The van der Waals surface area contributed by atoms with Crippen molar-refractivity contribution in [2.75, 3.05) is 0 Å². The fourth-order valence-electron chi connectivity index (χ4n) is 2.14. The lowest BCUT2D eigenvalue weighted by Crippen LogP contribution is -2.08. The number of halogens is 4. The van der Waals surface area contributed by atoms with Crippen molar-refractivity contribution >= 4 is 11.6 Å². The van der Waals surface area contributed by atoms with Crippen molar-refractivity contribution in [2.45, 2.75) is 6.18 Å². The molecule has 0 spiro atoms. The molecule has 1 heterocycles. The maximum absolute atomic E-state index is 13.2. The van der Waals surface area contributed by atoms with Crippen LogP contribution in [-0.4, -0.2) is 9.78 Å². The van der Waals surface area contributed by atoms with Crippen LogP contribution in [0.25, 0.3) is 16.8 Å². The fourth-order valence-corrected chi connectivity index (χ4v) is 2.26. The van der Waals surface area contributed by atoms with Crippen LogP contribution in [0.5, 0.6) is 0 Å². The van der Waals surface area contributed by atoms with Crippen LogP contribution in [0.2, 0.25) is 5.02 Å². The molecule has 112 valence electrons. The average Bonchev–Trinajstić information content (AvgIpc) is 2.94. The highest BCUT2D eigenvalue weighted by atomic mass is 35.5. The van der Waals surface area contributed by atoms with Gasteiger partial charge < -0.3 is 0 Å². The van der Waals surface area contributed by atoms with Gasteiger partial charge in [-0.1, -0.05) is 41.9 Å². The normalized spacial score (nSPS) is 11.6. The molecule has 0 fully saturated rings. The number of hydrogen-bond donors (Lipinski definition) is 0. The molecule has 0 amide bonds. The summed E-state index contributed by atoms with van der Waals surface area (Å²) >= 11 is 5.79. The van der Waals surface area contributed by atoms with Gasteiger partial charge in [0.15, 0.2) is 5.69 Å². The van der Waals surface area contributed by atoms with E-state index in [4.69, 9.17) is 11.6 Å². The molecule has 0 saturated heterocycles. The van der Waals surface area contributed by atoms with Crippen molar-refractivity contribution in [3.8, 4) is 16.8 Å². The van der Waals surface area contributed by atoms with Gasteiger partial charge in [0.2, 0.25) is 0 Å². The lowest BCUT2D eigenvalue weighted by Gasteiger charge is -2.06. The predicted octanol–water partition coefficient (Wildman–Crippen LogP) is 5.21. The molecule has 2 aromatic carbocycles. The first kappa shape index (κ1) is 14.7. The van der Waals surface area contributed by atoms with Crippen molar-refractivity contribution in [1.82, 2.24) is 9.78 Å². The molecule has 1 aromatic heterocycles. The van der Waals surface area contributed by atoms with Gasteiger partial charge in [0.05, 0.1) is 5.69 Å². The standard InChI is InChI=1S/C16H10ClF3N2/c17-12-8-6-11(7-9-12)14-10-22(13-4-2-1-3-5-13)21-15(14)16(18,19)20/h1-10H. The molecule has 0 bridgehead atoms. The first-order chi connectivity index (χ1) is 10.4. The van der Waals surface area contributed by atoms with Crippen LogP contribution in [0.3, 0.4) is 0 Å². The smallest absolute Gasteiger partial charge is 0.240 e. The second-order valence-electron chi connectivity index (χ2n) is 4.68. The zero-order valence-electron chi connectivity index (χ0n) is 11.2. The van der Waals surface area contributed by atoms with Crippen molar-refractivity contribution in [1.29, 1.82) is 0 Å². The van der Waals surface area contributed by atoms with Crippen LogP contribution >= 0.6 is 11.6 Å². The minimum absolute atomic E-state index is 0.0213. The van der Waals surface area contributed by atoms with Crippen molar-refractivity contribution in [3.05, 3.63) is 71.5 Å². The van der Waals surface area contributed by atoms with Gasteiger partial charge in [-0.2, -0.15) is 18.3 Å². The Labute approximate surface area is 129 Å². The van der Waals surface area contributed by atoms with Gasteiger partial charge in [0.25, 0.3) is 0 Å². The van der Waals surface area contributed by atoms with Crippen LogP contribution in [0.4, 0.5) is 13.2 Å². The molecule has 22 heavy (non-hydrogen) atoms. The third-order valence-electron chi connectivity index (χ3n) is 3.16. The molecule has 0 saturated carbocycles. The van der Waals surface area contributed by atoms with Crippen LogP contribution in [0.1, 0.15) is 5.69 Å². The molecule has 3 rings (SSSR count). The van der Waals surface area contributed by atoms with E-state index in [1.165, 1.54) is 10.9 Å². The Hall–Kier alpha value is -2.27. The minimum atomic E-state index is -4.53. The molecular weight excluding hydrogens is 313 g/mol. The lowest BCUT2D eigenvalue weighted by atomic mass is 10.1. The molecule has 6 heteroatoms. The number of aromatic nitrogens is 2. The van der Waals surface area contributed by atoms with E-state index in [1.54, 1.807) is 54.6 Å². The summed E-state index contributed by atoms with van der Waals surface area (Å²) in [5, 5.41) is 4.17. The first-order valence-corrected chi connectivity index (χ1v) is 6.81. The Kier molecular flexibility index (Phi) is 3.66. The molecule has 2 nitrogen and oxygen atoms in total. The van der Waals surface area contributed by atoms with Gasteiger partial charge in [-0.05, 0) is 29.8 Å². The Morgan fingerprint density at radius 1 is 0.909 bits per heavy atom. The average molecular weight is 323 g/mol. The summed E-state index contributed by atoms with van der Waals surface area (Å²) in [6.07, 6.45) is -3.16. The molecule has 0 aliphatic heterocycles. The van der Waals surface area contributed by atoms with E-state index in [2.05, 4.69) is 5.10 Å². The number of alkyl halides is 3. The van der Waals surface area contributed by atoms with Gasteiger partial charge in [0.1, 0.15) is 0 Å². The van der Waals surface area contributed by atoms with Crippen molar-refractivity contribution in [2.24, 2.45) is 0 Å². The van der Waals surface area contributed by atoms with Crippen LogP contribution in [0.15, 0.2) is 60.8 Å². The first-order valence-electron chi connectivity index (χ1n) is 6.43. The van der Waals surface area contributed by atoms with Gasteiger partial charge in [-0.15, -0.1) is 0 Å². The van der Waals surface area contributed by atoms with Crippen LogP contribution in [0, 0.1) is 0 Å². The van der Waals surface area contributed by atoms with E-state index in [1.807, 2.05) is 0 Å². The number of para-hydroxylation sites is 1. The highest BCUT2D eigenvalue weighted by Crippen LogP contribution is 2.36. The van der Waals surface area contributed by atoms with Crippen LogP contribution in [-0.2, 0) is 6.18 Å². The molecule has 0 N–H and O–H groups in total. The van der Waals surface area contributed by atoms with Crippen LogP contribution < -0.4 is 0 Å². The van der Waals surface area contributed by atoms with Crippen molar-refractivity contribution in [3.63, 3.8) is 0 Å². The second-order valence-corrected chi connectivity index (χ2v) is 5.11. The molecule has 3 aromatic rings. The Morgan fingerprint density at radius 3 is 2.14 bits per heavy atom. The Bertz CT molecular complexity index is 777. The molecule has 0 unspecified atom stereocenters. The summed E-state index contributed by atoms with van der Waals surface area (Å²) in [4.78, 5) is 0. The van der Waals surface area contributed by atoms with E-state index in [9.17, 15) is 13.2 Å². The molecule has 0 aliphatic rings. The summed E-state index contributed by atoms with van der Waals surface area (Å²) < 4.78 is 41.0. The highest BCUT2D eigenvalue weighted by Gasteiger charge is 2.37. The number of rotatable bonds is 2. The van der Waals surface area contributed by atoms with Gasteiger partial charge in [0, 0.05) is 16.8 Å². The number of hydrogen-bond acceptors (Lipinski definition) is 1. The van der Waals surface area contributed by atoms with E-state index in [0.717, 1.165) is 0 Å². The molecule has 0 aliphatic carbocycles. The second kappa shape index (κ2) is 5.50. The quantitative estimate of drug-likeness (QED) is 0.633. The predicted molar refractivity (Wildman–Crippen MR) is 79.0 cm³/mol. The number of benzene rings is 2.